The lowest BCUT2D eigenvalue weighted by Crippen LogP contribution is -2.37. The molecule has 0 spiro atoms. The van der Waals surface area contributed by atoms with Crippen molar-refractivity contribution >= 4 is 22.5 Å². The Kier molecular flexibility index (Phi) is 3.40. The minimum Gasteiger partial charge on any atom is -0.358 e. The SMILES string of the molecule is Cc1[nH]c2ccccc2c1C(=O)CN1CCC(=O)CC1. The van der Waals surface area contributed by atoms with Gasteiger partial charge in [-0.1, -0.05) is 18.2 Å². The van der Waals surface area contributed by atoms with Gasteiger partial charge in [0.1, 0.15) is 5.78 Å². The quantitative estimate of drug-likeness (QED) is 0.871. The van der Waals surface area contributed by atoms with Crippen LogP contribution in [-0.4, -0.2) is 41.1 Å². The second-order valence-electron chi connectivity index (χ2n) is 5.41. The summed E-state index contributed by atoms with van der Waals surface area (Å²) in [6.07, 6.45) is 1.14. The molecule has 0 bridgehead atoms. The maximum Gasteiger partial charge on any atom is 0.179 e. The number of ketones is 2. The van der Waals surface area contributed by atoms with Gasteiger partial charge in [-0.15, -0.1) is 0 Å². The topological polar surface area (TPSA) is 53.2 Å². The number of aromatic nitrogens is 1. The van der Waals surface area contributed by atoms with Crippen LogP contribution >= 0.6 is 0 Å². The standard InChI is InChI=1S/C16H18N2O2/c1-11-16(13-4-2-3-5-14(13)17-11)15(20)10-18-8-6-12(19)7-9-18/h2-5,17H,6-10H2,1H3. The highest BCUT2D eigenvalue weighted by Crippen LogP contribution is 2.22. The van der Waals surface area contributed by atoms with Crippen LogP contribution < -0.4 is 0 Å². The Balaban J connectivity index is 1.82. The summed E-state index contributed by atoms with van der Waals surface area (Å²) in [5.41, 5.74) is 2.71. The zero-order chi connectivity index (χ0) is 14.1. The molecule has 2 heterocycles. The van der Waals surface area contributed by atoms with E-state index in [1.54, 1.807) is 0 Å². The van der Waals surface area contributed by atoms with Gasteiger partial charge in [-0.2, -0.15) is 0 Å². The number of para-hydroxylation sites is 1. The first-order valence-corrected chi connectivity index (χ1v) is 6.99. The molecule has 20 heavy (non-hydrogen) atoms. The molecular formula is C16H18N2O2. The van der Waals surface area contributed by atoms with Crippen LogP contribution in [0.4, 0.5) is 0 Å². The van der Waals surface area contributed by atoms with E-state index in [1.165, 1.54) is 0 Å². The van der Waals surface area contributed by atoms with E-state index in [-0.39, 0.29) is 5.78 Å². The number of piperidine rings is 1. The van der Waals surface area contributed by atoms with Crippen molar-refractivity contribution < 1.29 is 9.59 Å². The van der Waals surface area contributed by atoms with Crippen LogP contribution in [0.3, 0.4) is 0 Å². The number of aryl methyl sites for hydroxylation is 1. The number of carbonyl (C=O) groups excluding carboxylic acids is 2. The predicted molar refractivity (Wildman–Crippen MR) is 78.0 cm³/mol. The van der Waals surface area contributed by atoms with Crippen molar-refractivity contribution in [1.29, 1.82) is 0 Å². The van der Waals surface area contributed by atoms with E-state index < -0.39 is 0 Å². The van der Waals surface area contributed by atoms with E-state index in [1.807, 2.05) is 31.2 Å². The maximum atomic E-state index is 12.5. The van der Waals surface area contributed by atoms with Gasteiger partial charge in [-0.3, -0.25) is 14.5 Å². The fraction of sp³-hybridized carbons (Fsp3) is 0.375. The fourth-order valence-electron chi connectivity index (χ4n) is 2.88. The average Bonchev–Trinajstić information content (AvgIpc) is 2.77. The Hall–Kier alpha value is -1.94. The number of rotatable bonds is 3. The minimum absolute atomic E-state index is 0.134. The first kappa shape index (κ1) is 13.1. The lowest BCUT2D eigenvalue weighted by atomic mass is 10.0. The van der Waals surface area contributed by atoms with Crippen LogP contribution in [0, 0.1) is 6.92 Å². The summed E-state index contributed by atoms with van der Waals surface area (Å²) in [5.74, 6) is 0.436. The lowest BCUT2D eigenvalue weighted by Gasteiger charge is -2.24. The second-order valence-corrected chi connectivity index (χ2v) is 5.41. The third-order valence-corrected chi connectivity index (χ3v) is 3.95. The van der Waals surface area contributed by atoms with Crippen LogP contribution in [-0.2, 0) is 4.79 Å². The molecule has 1 aliphatic rings. The average molecular weight is 270 g/mol. The number of Topliss-reactive ketones (excluding diaryl/α,β-unsaturated/α-hetero) is 2. The number of carbonyl (C=O) groups is 2. The second kappa shape index (κ2) is 5.21. The number of hydrogen-bond donors (Lipinski definition) is 1. The number of aromatic amines is 1. The molecule has 1 saturated heterocycles. The highest BCUT2D eigenvalue weighted by atomic mass is 16.1. The van der Waals surface area contributed by atoms with Gasteiger partial charge >= 0.3 is 0 Å². The molecule has 104 valence electrons. The Bertz CT molecular complexity index is 662. The largest absolute Gasteiger partial charge is 0.358 e. The van der Waals surface area contributed by atoms with Crippen LogP contribution in [0.15, 0.2) is 24.3 Å². The van der Waals surface area contributed by atoms with Gasteiger partial charge in [0.25, 0.3) is 0 Å². The number of fused-ring (bicyclic) bond motifs is 1. The molecule has 0 saturated carbocycles. The third-order valence-electron chi connectivity index (χ3n) is 3.95. The predicted octanol–water partition coefficient (Wildman–Crippen LogP) is 2.32. The first-order chi connectivity index (χ1) is 9.65. The number of likely N-dealkylation sites (tertiary alicyclic amines) is 1. The highest BCUT2D eigenvalue weighted by molar-refractivity contribution is 6.10. The fourth-order valence-corrected chi connectivity index (χ4v) is 2.88. The summed E-state index contributed by atoms with van der Waals surface area (Å²) in [6.45, 7) is 3.74. The van der Waals surface area contributed by atoms with Crippen LogP contribution in [0.1, 0.15) is 28.9 Å². The van der Waals surface area contributed by atoms with Gasteiger partial charge in [0.15, 0.2) is 5.78 Å². The summed E-state index contributed by atoms with van der Waals surface area (Å²) in [4.78, 5) is 29.1. The zero-order valence-corrected chi connectivity index (χ0v) is 11.6. The minimum atomic E-state index is 0.134. The van der Waals surface area contributed by atoms with E-state index in [9.17, 15) is 9.59 Å². The van der Waals surface area contributed by atoms with Crippen molar-refractivity contribution in [2.75, 3.05) is 19.6 Å². The zero-order valence-electron chi connectivity index (χ0n) is 11.6. The van der Waals surface area contributed by atoms with E-state index in [0.717, 1.165) is 22.2 Å². The van der Waals surface area contributed by atoms with E-state index in [2.05, 4.69) is 9.88 Å². The van der Waals surface area contributed by atoms with Gasteiger partial charge in [0, 0.05) is 48.1 Å². The van der Waals surface area contributed by atoms with Gasteiger partial charge < -0.3 is 4.98 Å². The van der Waals surface area contributed by atoms with Crippen LogP contribution in [0.25, 0.3) is 10.9 Å². The van der Waals surface area contributed by atoms with Crippen molar-refractivity contribution in [1.82, 2.24) is 9.88 Å². The number of nitrogens with zero attached hydrogens (tertiary/aromatic N) is 1. The van der Waals surface area contributed by atoms with Crippen molar-refractivity contribution in [2.24, 2.45) is 0 Å². The molecule has 1 fully saturated rings. The molecule has 1 aromatic heterocycles. The monoisotopic (exact) mass is 270 g/mol. The molecule has 0 aliphatic carbocycles. The Morgan fingerprint density at radius 1 is 1.25 bits per heavy atom. The Morgan fingerprint density at radius 2 is 1.95 bits per heavy atom. The molecule has 3 rings (SSSR count). The molecule has 1 aliphatic heterocycles. The summed E-state index contributed by atoms with van der Waals surface area (Å²) >= 11 is 0. The van der Waals surface area contributed by atoms with Crippen molar-refractivity contribution in [3.63, 3.8) is 0 Å². The highest BCUT2D eigenvalue weighted by Gasteiger charge is 2.21. The number of benzene rings is 1. The Morgan fingerprint density at radius 3 is 2.70 bits per heavy atom. The van der Waals surface area contributed by atoms with Crippen LogP contribution in [0.5, 0.6) is 0 Å². The summed E-state index contributed by atoms with van der Waals surface area (Å²) < 4.78 is 0. The van der Waals surface area contributed by atoms with Gasteiger partial charge in [0.05, 0.1) is 6.54 Å². The third kappa shape index (κ3) is 2.39. The molecular weight excluding hydrogens is 252 g/mol. The molecule has 0 amide bonds. The lowest BCUT2D eigenvalue weighted by molar-refractivity contribution is -0.121. The number of hydrogen-bond acceptors (Lipinski definition) is 3. The number of nitrogens with one attached hydrogen (secondary N) is 1. The van der Waals surface area contributed by atoms with Crippen molar-refractivity contribution in [3.05, 3.63) is 35.5 Å². The van der Waals surface area contributed by atoms with Gasteiger partial charge in [0.2, 0.25) is 0 Å². The first-order valence-electron chi connectivity index (χ1n) is 6.99. The van der Waals surface area contributed by atoms with E-state index >= 15 is 0 Å². The van der Waals surface area contributed by atoms with Crippen molar-refractivity contribution in [2.45, 2.75) is 19.8 Å². The van der Waals surface area contributed by atoms with Gasteiger partial charge in [-0.25, -0.2) is 0 Å². The van der Waals surface area contributed by atoms with Gasteiger partial charge in [-0.05, 0) is 13.0 Å². The molecule has 4 heteroatoms. The number of H-pyrrole nitrogens is 1. The molecule has 0 unspecified atom stereocenters. The molecule has 0 radical (unpaired) electrons. The summed E-state index contributed by atoms with van der Waals surface area (Å²) in [5, 5.41) is 0.989. The van der Waals surface area contributed by atoms with Crippen molar-refractivity contribution in [3.8, 4) is 0 Å². The summed E-state index contributed by atoms with van der Waals surface area (Å²) in [6, 6.07) is 7.87. The van der Waals surface area contributed by atoms with Crippen LogP contribution in [0.2, 0.25) is 0 Å². The maximum absolute atomic E-state index is 12.5. The normalized spacial score (nSPS) is 16.8. The Labute approximate surface area is 117 Å². The van der Waals surface area contributed by atoms with E-state index in [4.69, 9.17) is 0 Å². The molecule has 0 atom stereocenters. The molecule has 4 nitrogen and oxygen atoms in total. The smallest absolute Gasteiger partial charge is 0.179 e. The molecule has 1 aromatic carbocycles. The molecule has 1 N–H and O–H groups in total. The van der Waals surface area contributed by atoms with E-state index in [0.29, 0.717) is 38.3 Å². The molecule has 2 aromatic rings. The summed E-state index contributed by atoms with van der Waals surface area (Å²) in [7, 11) is 0.